The van der Waals surface area contributed by atoms with E-state index in [0.717, 1.165) is 6.42 Å². The normalized spacial score (nSPS) is 13.0. The van der Waals surface area contributed by atoms with Gasteiger partial charge in [-0.25, -0.2) is 0 Å². The Morgan fingerprint density at radius 1 is 1.11 bits per heavy atom. The molecule has 1 nitrogen and oxygen atoms in total. The molecule has 0 aliphatic carbocycles. The largest absolute Gasteiger partial charge is 0.396 e. The van der Waals surface area contributed by atoms with Crippen LogP contribution in [0.4, 0.5) is 0 Å². The van der Waals surface area contributed by atoms with Gasteiger partial charge in [0, 0.05) is 6.61 Å². The fourth-order valence-electron chi connectivity index (χ4n) is 2.24. The summed E-state index contributed by atoms with van der Waals surface area (Å²) in [5, 5.41) is 9.21. The highest BCUT2D eigenvalue weighted by molar-refractivity contribution is 5.34. The van der Waals surface area contributed by atoms with E-state index in [9.17, 15) is 5.11 Å². The van der Waals surface area contributed by atoms with Gasteiger partial charge in [-0.15, -0.1) is 0 Å². The number of benzene rings is 1. The molecule has 1 atom stereocenters. The van der Waals surface area contributed by atoms with Crippen molar-refractivity contribution in [1.29, 1.82) is 0 Å². The summed E-state index contributed by atoms with van der Waals surface area (Å²) in [6.45, 7) is 9.12. The second-order valence-corrected chi connectivity index (χ2v) is 5.78. The van der Waals surface area contributed by atoms with Crippen molar-refractivity contribution in [3.05, 3.63) is 34.9 Å². The summed E-state index contributed by atoms with van der Waals surface area (Å²) in [5.41, 5.74) is 4.35. The standard InChI is InChI=1S/C17H28O/c1-5-6-7-16-11-15(13(2)3)8-9-17(16)10-14(4)12-18/h8-9,11,13-14,18H,5-7,10,12H2,1-4H3. The van der Waals surface area contributed by atoms with Crippen LogP contribution in [0.3, 0.4) is 0 Å². The summed E-state index contributed by atoms with van der Waals surface area (Å²) in [7, 11) is 0. The van der Waals surface area contributed by atoms with Crippen LogP contribution in [0.5, 0.6) is 0 Å². The minimum absolute atomic E-state index is 0.277. The van der Waals surface area contributed by atoms with Crippen LogP contribution in [0.15, 0.2) is 18.2 Å². The maximum absolute atomic E-state index is 9.21. The molecule has 1 unspecified atom stereocenters. The molecule has 0 saturated carbocycles. The number of aliphatic hydroxyl groups excluding tert-OH is 1. The maximum atomic E-state index is 9.21. The SMILES string of the molecule is CCCCc1cc(C(C)C)ccc1CC(C)CO. The Labute approximate surface area is 112 Å². The van der Waals surface area contributed by atoms with E-state index in [2.05, 4.69) is 45.9 Å². The van der Waals surface area contributed by atoms with Gasteiger partial charge in [0.25, 0.3) is 0 Å². The van der Waals surface area contributed by atoms with Crippen molar-refractivity contribution in [2.45, 2.75) is 59.3 Å². The van der Waals surface area contributed by atoms with Crippen molar-refractivity contribution in [3.8, 4) is 0 Å². The number of aliphatic hydroxyl groups is 1. The minimum atomic E-state index is 0.277. The number of hydrogen-bond donors (Lipinski definition) is 1. The highest BCUT2D eigenvalue weighted by Gasteiger charge is 2.09. The van der Waals surface area contributed by atoms with E-state index in [1.165, 1.54) is 36.0 Å². The molecule has 1 heteroatoms. The van der Waals surface area contributed by atoms with Gasteiger partial charge in [-0.1, -0.05) is 52.3 Å². The van der Waals surface area contributed by atoms with E-state index in [1.54, 1.807) is 0 Å². The molecule has 0 bridgehead atoms. The molecular formula is C17H28O. The van der Waals surface area contributed by atoms with Crippen LogP contribution >= 0.6 is 0 Å². The monoisotopic (exact) mass is 248 g/mol. The van der Waals surface area contributed by atoms with Crippen molar-refractivity contribution < 1.29 is 5.11 Å². The quantitative estimate of drug-likeness (QED) is 0.761. The average Bonchev–Trinajstić information content (AvgIpc) is 2.37. The van der Waals surface area contributed by atoms with Gasteiger partial charge >= 0.3 is 0 Å². The molecular weight excluding hydrogens is 220 g/mol. The first-order valence-electron chi connectivity index (χ1n) is 7.31. The molecule has 0 aromatic heterocycles. The van der Waals surface area contributed by atoms with Crippen molar-refractivity contribution >= 4 is 0 Å². The highest BCUT2D eigenvalue weighted by atomic mass is 16.3. The van der Waals surface area contributed by atoms with Crippen molar-refractivity contribution in [1.82, 2.24) is 0 Å². The van der Waals surface area contributed by atoms with E-state index >= 15 is 0 Å². The molecule has 0 aliphatic rings. The van der Waals surface area contributed by atoms with Crippen LogP contribution in [0.25, 0.3) is 0 Å². The molecule has 1 rings (SSSR count). The topological polar surface area (TPSA) is 20.2 Å². The Kier molecular flexibility index (Phi) is 6.42. The lowest BCUT2D eigenvalue weighted by Gasteiger charge is -2.16. The fraction of sp³-hybridized carbons (Fsp3) is 0.647. The molecule has 0 fully saturated rings. The molecule has 0 spiro atoms. The first kappa shape index (κ1) is 15.2. The van der Waals surface area contributed by atoms with Crippen LogP contribution in [0.1, 0.15) is 63.1 Å². The van der Waals surface area contributed by atoms with Gasteiger partial charge in [0.2, 0.25) is 0 Å². The van der Waals surface area contributed by atoms with Crippen LogP contribution in [-0.2, 0) is 12.8 Å². The molecule has 1 N–H and O–H groups in total. The fourth-order valence-corrected chi connectivity index (χ4v) is 2.24. The summed E-state index contributed by atoms with van der Waals surface area (Å²) < 4.78 is 0. The molecule has 0 saturated heterocycles. The van der Waals surface area contributed by atoms with Crippen molar-refractivity contribution in [2.75, 3.05) is 6.61 Å². The zero-order valence-electron chi connectivity index (χ0n) is 12.4. The zero-order chi connectivity index (χ0) is 13.5. The van der Waals surface area contributed by atoms with Gasteiger partial charge in [-0.2, -0.15) is 0 Å². The van der Waals surface area contributed by atoms with Gasteiger partial charge < -0.3 is 5.11 Å². The maximum Gasteiger partial charge on any atom is 0.0459 e. The van der Waals surface area contributed by atoms with E-state index in [1.807, 2.05) is 0 Å². The lowest BCUT2D eigenvalue weighted by atomic mass is 9.90. The predicted octanol–water partition coefficient (Wildman–Crippen LogP) is 4.32. The molecule has 18 heavy (non-hydrogen) atoms. The third-order valence-electron chi connectivity index (χ3n) is 3.58. The predicted molar refractivity (Wildman–Crippen MR) is 79.1 cm³/mol. The van der Waals surface area contributed by atoms with Crippen molar-refractivity contribution in [3.63, 3.8) is 0 Å². The molecule has 0 amide bonds. The second kappa shape index (κ2) is 7.58. The minimum Gasteiger partial charge on any atom is -0.396 e. The Hall–Kier alpha value is -0.820. The number of unbranched alkanes of at least 4 members (excludes halogenated alkanes) is 1. The lowest BCUT2D eigenvalue weighted by Crippen LogP contribution is -2.07. The number of aryl methyl sites for hydroxylation is 1. The molecule has 102 valence electrons. The summed E-state index contributed by atoms with van der Waals surface area (Å²) in [6, 6.07) is 6.89. The lowest BCUT2D eigenvalue weighted by molar-refractivity contribution is 0.237. The van der Waals surface area contributed by atoms with E-state index in [4.69, 9.17) is 0 Å². The third-order valence-corrected chi connectivity index (χ3v) is 3.58. The van der Waals surface area contributed by atoms with Gasteiger partial charge in [-0.3, -0.25) is 0 Å². The first-order valence-corrected chi connectivity index (χ1v) is 7.31. The van der Waals surface area contributed by atoms with Gasteiger partial charge in [0.1, 0.15) is 0 Å². The summed E-state index contributed by atoms with van der Waals surface area (Å²) in [4.78, 5) is 0. The Morgan fingerprint density at radius 2 is 1.83 bits per heavy atom. The first-order chi connectivity index (χ1) is 8.58. The Morgan fingerprint density at radius 3 is 2.39 bits per heavy atom. The highest BCUT2D eigenvalue weighted by Crippen LogP contribution is 2.22. The molecule has 0 aliphatic heterocycles. The van der Waals surface area contributed by atoms with Crippen LogP contribution in [0, 0.1) is 5.92 Å². The Balaban J connectivity index is 2.92. The summed E-state index contributed by atoms with van der Waals surface area (Å²) in [6.07, 6.45) is 4.65. The van der Waals surface area contributed by atoms with Crippen molar-refractivity contribution in [2.24, 2.45) is 5.92 Å². The zero-order valence-corrected chi connectivity index (χ0v) is 12.4. The van der Waals surface area contributed by atoms with E-state index in [0.29, 0.717) is 11.8 Å². The molecule has 0 heterocycles. The summed E-state index contributed by atoms with van der Waals surface area (Å²) >= 11 is 0. The van der Waals surface area contributed by atoms with Gasteiger partial charge in [0.05, 0.1) is 0 Å². The van der Waals surface area contributed by atoms with Crippen LogP contribution < -0.4 is 0 Å². The number of hydrogen-bond acceptors (Lipinski definition) is 1. The molecule has 1 aromatic rings. The number of rotatable bonds is 7. The van der Waals surface area contributed by atoms with Crippen LogP contribution in [0.2, 0.25) is 0 Å². The molecule has 0 radical (unpaired) electrons. The summed E-state index contributed by atoms with van der Waals surface area (Å²) in [5.74, 6) is 0.949. The smallest absolute Gasteiger partial charge is 0.0459 e. The average molecular weight is 248 g/mol. The second-order valence-electron chi connectivity index (χ2n) is 5.78. The molecule has 1 aromatic carbocycles. The third kappa shape index (κ3) is 4.45. The van der Waals surface area contributed by atoms with E-state index < -0.39 is 0 Å². The van der Waals surface area contributed by atoms with Crippen LogP contribution in [-0.4, -0.2) is 11.7 Å². The van der Waals surface area contributed by atoms with E-state index in [-0.39, 0.29) is 6.61 Å². The van der Waals surface area contributed by atoms with Gasteiger partial charge in [0.15, 0.2) is 0 Å². The van der Waals surface area contributed by atoms with Gasteiger partial charge in [-0.05, 0) is 47.8 Å². The Bertz CT molecular complexity index is 355.